The maximum atomic E-state index is 12.0. The average Bonchev–Trinajstić information content (AvgIpc) is 3.05. The lowest BCUT2D eigenvalue weighted by molar-refractivity contribution is -0.172. The molecule has 2 aromatic rings. The number of nitrogens with zero attached hydrogens (tertiary/aromatic N) is 3. The Balaban J connectivity index is 1.70. The second-order valence-corrected chi connectivity index (χ2v) is 6.58. The molecule has 0 spiro atoms. The Labute approximate surface area is 150 Å². The molecule has 0 radical (unpaired) electrons. The van der Waals surface area contributed by atoms with Gasteiger partial charge in [0.2, 0.25) is 11.6 Å². The fourth-order valence-electron chi connectivity index (χ4n) is 2.95. The van der Waals surface area contributed by atoms with Crippen LogP contribution in [-0.4, -0.2) is 82.2 Å². The first kappa shape index (κ1) is 18.5. The van der Waals surface area contributed by atoms with Crippen LogP contribution in [0.5, 0.6) is 0 Å². The largest absolute Gasteiger partial charge is 0.446 e. The molecule has 1 fully saturated rings. The van der Waals surface area contributed by atoms with Crippen LogP contribution in [-0.2, 0) is 9.53 Å². The third-order valence-electron chi connectivity index (χ3n) is 4.22. The highest BCUT2D eigenvalue weighted by Crippen LogP contribution is 2.25. The van der Waals surface area contributed by atoms with Gasteiger partial charge in [0, 0.05) is 0 Å². The number of rotatable bonds is 5. The van der Waals surface area contributed by atoms with Crippen LogP contribution in [0.15, 0.2) is 23.1 Å². The summed E-state index contributed by atoms with van der Waals surface area (Å²) < 4.78 is 11.0. The summed E-state index contributed by atoms with van der Waals surface area (Å²) in [4.78, 5) is 21.8. The van der Waals surface area contributed by atoms with Crippen molar-refractivity contribution < 1.29 is 24.2 Å². The fourth-order valence-corrected chi connectivity index (χ4v) is 2.95. The van der Waals surface area contributed by atoms with Gasteiger partial charge in [0.05, 0.1) is 30.3 Å². The normalized spacial score (nSPS) is 29.1. The van der Waals surface area contributed by atoms with Crippen molar-refractivity contribution in [3.63, 3.8) is 0 Å². The highest BCUT2D eigenvalue weighted by Gasteiger charge is 2.43. The van der Waals surface area contributed by atoms with Gasteiger partial charge in [-0.15, -0.1) is 0 Å². The first-order valence-electron chi connectivity index (χ1n) is 8.27. The van der Waals surface area contributed by atoms with Crippen molar-refractivity contribution in [3.05, 3.63) is 18.7 Å². The Kier molecular flexibility index (Phi) is 5.37. The van der Waals surface area contributed by atoms with Gasteiger partial charge in [0.1, 0.15) is 24.4 Å². The number of hydrogen-bond acceptors (Lipinski definition) is 9. The lowest BCUT2D eigenvalue weighted by Gasteiger charge is -2.42. The van der Waals surface area contributed by atoms with E-state index in [1.54, 1.807) is 32.0 Å². The summed E-state index contributed by atoms with van der Waals surface area (Å²) in [6, 6.07) is 0.964. The number of aliphatic hydroxyl groups is 2. The third kappa shape index (κ3) is 3.78. The molecule has 3 heterocycles. The summed E-state index contributed by atoms with van der Waals surface area (Å²) in [5.74, 6) is 0.159. The Bertz CT molecular complexity index is 766. The topological polar surface area (TPSA) is 133 Å². The number of carbonyl (C=O) groups excluding carboxylic acids is 1. The van der Waals surface area contributed by atoms with E-state index >= 15 is 0 Å². The second-order valence-electron chi connectivity index (χ2n) is 6.58. The first-order chi connectivity index (χ1) is 12.4. The standard InChI is InChI=1S/C16H23N5O5/c1-8-11(19-10(22)6-21(2)3)12(23)13(24)16(26-8)20-14-9-4-5-25-15(9)18-7-17-14/h4-5,7-8,11-13,16,23-24H,6H2,1-3H3,(H,19,22)(H,17,18,20)/t8-,11-,12+,13+,16-/m0/s1. The number of anilines is 1. The van der Waals surface area contributed by atoms with Gasteiger partial charge in [-0.1, -0.05) is 0 Å². The van der Waals surface area contributed by atoms with Crippen LogP contribution in [0.4, 0.5) is 5.82 Å². The molecule has 1 amide bonds. The van der Waals surface area contributed by atoms with Crippen molar-refractivity contribution in [3.8, 4) is 0 Å². The molecule has 10 heteroatoms. The molecule has 26 heavy (non-hydrogen) atoms. The van der Waals surface area contributed by atoms with Crippen molar-refractivity contribution in [1.29, 1.82) is 0 Å². The first-order valence-corrected chi connectivity index (χ1v) is 8.27. The van der Waals surface area contributed by atoms with Gasteiger partial charge in [-0.05, 0) is 27.1 Å². The van der Waals surface area contributed by atoms with Crippen LogP contribution in [0.25, 0.3) is 11.1 Å². The number of fused-ring (bicyclic) bond motifs is 1. The maximum absolute atomic E-state index is 12.0. The van der Waals surface area contributed by atoms with E-state index in [0.29, 0.717) is 16.9 Å². The van der Waals surface area contributed by atoms with Crippen molar-refractivity contribution in [2.75, 3.05) is 26.0 Å². The van der Waals surface area contributed by atoms with Gasteiger partial charge in [-0.25, -0.2) is 9.97 Å². The van der Waals surface area contributed by atoms with E-state index in [0.717, 1.165) is 0 Å². The zero-order valence-electron chi connectivity index (χ0n) is 14.8. The van der Waals surface area contributed by atoms with Gasteiger partial charge in [-0.2, -0.15) is 0 Å². The number of nitrogens with one attached hydrogen (secondary N) is 2. The van der Waals surface area contributed by atoms with Crippen molar-refractivity contribution in [2.45, 2.75) is 37.5 Å². The van der Waals surface area contributed by atoms with Crippen LogP contribution in [0.3, 0.4) is 0 Å². The molecule has 0 aliphatic carbocycles. The highest BCUT2D eigenvalue weighted by molar-refractivity contribution is 5.85. The quantitative estimate of drug-likeness (QED) is 0.534. The molecular formula is C16H23N5O5. The van der Waals surface area contributed by atoms with Crippen molar-refractivity contribution in [2.24, 2.45) is 0 Å². The molecular weight excluding hydrogens is 342 g/mol. The summed E-state index contributed by atoms with van der Waals surface area (Å²) >= 11 is 0. The minimum atomic E-state index is -1.27. The van der Waals surface area contributed by atoms with Crippen LogP contribution in [0.2, 0.25) is 0 Å². The molecule has 1 aliphatic rings. The molecule has 0 bridgehead atoms. The van der Waals surface area contributed by atoms with E-state index < -0.39 is 30.6 Å². The SMILES string of the molecule is C[C@@H]1O[C@H](Nc2ncnc3occc23)[C@H](O)[C@H](O)[C@H]1NC(=O)CN(C)C. The molecule has 3 rings (SSSR count). The predicted octanol–water partition coefficient (Wildman–Crippen LogP) is -0.852. The number of ether oxygens (including phenoxy) is 1. The van der Waals surface area contributed by atoms with E-state index in [1.165, 1.54) is 12.6 Å². The minimum absolute atomic E-state index is 0.174. The lowest BCUT2D eigenvalue weighted by Crippen LogP contribution is -2.64. The monoisotopic (exact) mass is 365 g/mol. The molecule has 2 aromatic heterocycles. The van der Waals surface area contributed by atoms with E-state index in [4.69, 9.17) is 9.15 Å². The molecule has 0 aromatic carbocycles. The van der Waals surface area contributed by atoms with Crippen LogP contribution < -0.4 is 10.6 Å². The summed E-state index contributed by atoms with van der Waals surface area (Å²) in [7, 11) is 3.54. The number of carbonyl (C=O) groups is 1. The molecule has 5 atom stereocenters. The van der Waals surface area contributed by atoms with E-state index in [9.17, 15) is 15.0 Å². The molecule has 142 valence electrons. The fraction of sp³-hybridized carbons (Fsp3) is 0.562. The van der Waals surface area contributed by atoms with E-state index in [-0.39, 0.29) is 12.5 Å². The zero-order valence-corrected chi connectivity index (χ0v) is 14.8. The van der Waals surface area contributed by atoms with Crippen LogP contribution in [0, 0.1) is 0 Å². The summed E-state index contributed by atoms with van der Waals surface area (Å²) in [6.45, 7) is 1.89. The Morgan fingerprint density at radius 3 is 2.81 bits per heavy atom. The molecule has 0 unspecified atom stereocenters. The van der Waals surface area contributed by atoms with Crippen molar-refractivity contribution in [1.82, 2.24) is 20.2 Å². The van der Waals surface area contributed by atoms with Gasteiger partial charge in [0.25, 0.3) is 0 Å². The van der Waals surface area contributed by atoms with Gasteiger partial charge in [-0.3, -0.25) is 4.79 Å². The highest BCUT2D eigenvalue weighted by atomic mass is 16.5. The molecule has 0 saturated carbocycles. The van der Waals surface area contributed by atoms with Gasteiger partial charge >= 0.3 is 0 Å². The van der Waals surface area contributed by atoms with Gasteiger partial charge < -0.3 is 34.9 Å². The van der Waals surface area contributed by atoms with Crippen molar-refractivity contribution >= 4 is 22.8 Å². The predicted molar refractivity (Wildman–Crippen MR) is 92.3 cm³/mol. The average molecular weight is 365 g/mol. The van der Waals surface area contributed by atoms with Crippen LogP contribution in [0.1, 0.15) is 6.92 Å². The number of likely N-dealkylation sites (N-methyl/N-ethyl adjacent to an activating group) is 1. The minimum Gasteiger partial charge on any atom is -0.446 e. The maximum Gasteiger partial charge on any atom is 0.234 e. The third-order valence-corrected chi connectivity index (χ3v) is 4.22. The Morgan fingerprint density at radius 1 is 1.31 bits per heavy atom. The van der Waals surface area contributed by atoms with Crippen LogP contribution >= 0.6 is 0 Å². The molecule has 10 nitrogen and oxygen atoms in total. The number of aromatic nitrogens is 2. The number of furan rings is 1. The number of hydrogen-bond donors (Lipinski definition) is 4. The number of aliphatic hydroxyl groups excluding tert-OH is 2. The Morgan fingerprint density at radius 2 is 2.08 bits per heavy atom. The Hall–Kier alpha value is -2.27. The lowest BCUT2D eigenvalue weighted by atomic mass is 9.96. The molecule has 4 N–H and O–H groups in total. The van der Waals surface area contributed by atoms with E-state index in [1.807, 2.05) is 0 Å². The summed E-state index contributed by atoms with van der Waals surface area (Å²) in [5, 5.41) is 27.2. The molecule has 1 saturated heterocycles. The second kappa shape index (κ2) is 7.54. The van der Waals surface area contributed by atoms with Gasteiger partial charge in [0.15, 0.2) is 6.23 Å². The summed E-state index contributed by atoms with van der Waals surface area (Å²) in [5.41, 5.74) is 0.398. The molecule has 1 aliphatic heterocycles. The zero-order chi connectivity index (χ0) is 18.8. The summed E-state index contributed by atoms with van der Waals surface area (Å²) in [6.07, 6.45) is -1.10. The smallest absolute Gasteiger partial charge is 0.234 e. The number of amides is 1. The van der Waals surface area contributed by atoms with E-state index in [2.05, 4.69) is 20.6 Å².